The Morgan fingerprint density at radius 1 is 1.05 bits per heavy atom. The molecule has 2 aromatic carbocycles. The molecule has 0 fully saturated rings. The summed E-state index contributed by atoms with van der Waals surface area (Å²) in [6, 6.07) is 9.55. The first-order chi connectivity index (χ1) is 20.2. The molecule has 222 valence electrons. The van der Waals surface area contributed by atoms with Gasteiger partial charge in [-0.2, -0.15) is 0 Å². The molecular formula is C32H38N4O6. The maximum absolute atomic E-state index is 13.7. The first-order valence-corrected chi connectivity index (χ1v) is 13.9. The molecule has 1 aromatic heterocycles. The lowest BCUT2D eigenvalue weighted by Gasteiger charge is -2.22. The largest absolute Gasteiger partial charge is 0.493 e. The second-order valence-electron chi connectivity index (χ2n) is 10.5. The van der Waals surface area contributed by atoms with Crippen molar-refractivity contribution in [3.05, 3.63) is 75.7 Å². The fraction of sp³-hybridized carbons (Fsp3) is 0.375. The van der Waals surface area contributed by atoms with Crippen molar-refractivity contribution < 1.29 is 23.8 Å². The molecule has 10 heteroatoms. The fourth-order valence-corrected chi connectivity index (χ4v) is 5.33. The van der Waals surface area contributed by atoms with Crippen molar-refractivity contribution in [2.75, 3.05) is 26.6 Å². The molecule has 2 amide bonds. The lowest BCUT2D eigenvalue weighted by Crippen LogP contribution is -2.43. The summed E-state index contributed by atoms with van der Waals surface area (Å²) in [5.74, 6) is 0.866. The smallest absolute Gasteiger partial charge is 0.243 e. The molecule has 42 heavy (non-hydrogen) atoms. The summed E-state index contributed by atoms with van der Waals surface area (Å²) >= 11 is 0. The number of aromatic nitrogens is 1. The lowest BCUT2D eigenvalue weighted by molar-refractivity contribution is -0.123. The third-order valence-electron chi connectivity index (χ3n) is 7.37. The SMILES string of the molecule is COc1cc2c(c(OC)c1OC)-c1ccc(N[C@H](C(=O)NCc3cccnc3)C(C)C)c(=O)cc1[C@H](NC(C)=O)CC2. The molecule has 3 aromatic rings. The van der Waals surface area contributed by atoms with Gasteiger partial charge in [0.15, 0.2) is 11.5 Å². The van der Waals surface area contributed by atoms with E-state index in [9.17, 15) is 14.4 Å². The number of anilines is 1. The van der Waals surface area contributed by atoms with Crippen molar-refractivity contribution in [3.63, 3.8) is 0 Å². The maximum atomic E-state index is 13.7. The second-order valence-corrected chi connectivity index (χ2v) is 10.5. The van der Waals surface area contributed by atoms with Gasteiger partial charge in [0.2, 0.25) is 23.0 Å². The summed E-state index contributed by atoms with van der Waals surface area (Å²) in [6.45, 7) is 5.60. The Kier molecular flexibility index (Phi) is 9.67. The number of nitrogens with zero attached hydrogens (tertiary/aromatic N) is 1. The zero-order valence-corrected chi connectivity index (χ0v) is 24.9. The Morgan fingerprint density at radius 3 is 2.43 bits per heavy atom. The highest BCUT2D eigenvalue weighted by Gasteiger charge is 2.30. The predicted octanol–water partition coefficient (Wildman–Crippen LogP) is 4.01. The number of nitrogens with one attached hydrogen (secondary N) is 3. The van der Waals surface area contributed by atoms with Gasteiger partial charge in [0.1, 0.15) is 6.04 Å². The molecule has 0 saturated heterocycles. The van der Waals surface area contributed by atoms with Crippen molar-refractivity contribution in [1.82, 2.24) is 15.6 Å². The molecule has 0 bridgehead atoms. The molecule has 0 unspecified atom stereocenters. The van der Waals surface area contributed by atoms with Gasteiger partial charge in [-0.25, -0.2) is 0 Å². The summed E-state index contributed by atoms with van der Waals surface area (Å²) in [6.07, 6.45) is 4.52. The molecule has 0 spiro atoms. The number of aryl methyl sites for hydroxylation is 1. The van der Waals surface area contributed by atoms with Gasteiger partial charge in [0.25, 0.3) is 0 Å². The van der Waals surface area contributed by atoms with E-state index >= 15 is 0 Å². The van der Waals surface area contributed by atoms with Gasteiger partial charge in [-0.1, -0.05) is 26.0 Å². The first-order valence-electron chi connectivity index (χ1n) is 13.9. The Balaban J connectivity index is 1.81. The average molecular weight is 575 g/mol. The van der Waals surface area contributed by atoms with Crippen LogP contribution in [0, 0.1) is 5.92 Å². The third-order valence-corrected chi connectivity index (χ3v) is 7.37. The van der Waals surface area contributed by atoms with E-state index in [2.05, 4.69) is 20.9 Å². The van der Waals surface area contributed by atoms with Gasteiger partial charge in [0, 0.05) is 31.4 Å². The zero-order valence-electron chi connectivity index (χ0n) is 24.9. The minimum absolute atomic E-state index is 0.119. The molecule has 0 radical (unpaired) electrons. The van der Waals surface area contributed by atoms with Crippen LogP contribution in [0.1, 0.15) is 49.9 Å². The monoisotopic (exact) mass is 574 g/mol. The molecule has 1 aliphatic carbocycles. The van der Waals surface area contributed by atoms with Crippen LogP contribution in [0.4, 0.5) is 5.69 Å². The Hall–Kier alpha value is -4.60. The summed E-state index contributed by atoms with van der Waals surface area (Å²) in [7, 11) is 4.66. The maximum Gasteiger partial charge on any atom is 0.243 e. The van der Waals surface area contributed by atoms with Crippen LogP contribution >= 0.6 is 0 Å². The van der Waals surface area contributed by atoms with Gasteiger partial charge in [-0.05, 0) is 65.3 Å². The normalized spacial score (nSPS) is 14.5. The van der Waals surface area contributed by atoms with Gasteiger partial charge in [0.05, 0.1) is 33.1 Å². The number of rotatable bonds is 10. The van der Waals surface area contributed by atoms with Crippen LogP contribution in [0.25, 0.3) is 11.1 Å². The molecule has 3 N–H and O–H groups in total. The van der Waals surface area contributed by atoms with Crippen molar-refractivity contribution in [2.45, 2.75) is 52.2 Å². The number of fused-ring (bicyclic) bond motifs is 3. The number of hydrogen-bond donors (Lipinski definition) is 3. The first kappa shape index (κ1) is 30.4. The van der Waals surface area contributed by atoms with Crippen LogP contribution in [-0.2, 0) is 22.6 Å². The van der Waals surface area contributed by atoms with E-state index in [4.69, 9.17) is 14.2 Å². The number of carbonyl (C=O) groups excluding carboxylic acids is 2. The number of amides is 2. The van der Waals surface area contributed by atoms with E-state index < -0.39 is 12.1 Å². The number of carbonyl (C=O) groups is 2. The van der Waals surface area contributed by atoms with Crippen LogP contribution in [-0.4, -0.2) is 44.2 Å². The summed E-state index contributed by atoms with van der Waals surface area (Å²) in [5, 5.41) is 9.13. The van der Waals surface area contributed by atoms with Crippen molar-refractivity contribution >= 4 is 17.5 Å². The van der Waals surface area contributed by atoms with Crippen LogP contribution in [0.15, 0.2) is 53.6 Å². The molecule has 2 atom stereocenters. The number of ether oxygens (including phenoxy) is 3. The highest BCUT2D eigenvalue weighted by Crippen LogP contribution is 2.50. The molecule has 10 nitrogen and oxygen atoms in total. The van der Waals surface area contributed by atoms with Crippen molar-refractivity contribution in [1.29, 1.82) is 0 Å². The number of methoxy groups -OCH3 is 3. The quantitative estimate of drug-likeness (QED) is 0.332. The molecule has 0 aliphatic heterocycles. The van der Waals surface area contributed by atoms with Crippen LogP contribution in [0.3, 0.4) is 0 Å². The topological polar surface area (TPSA) is 128 Å². The van der Waals surface area contributed by atoms with E-state index in [0.29, 0.717) is 47.8 Å². The van der Waals surface area contributed by atoms with E-state index in [-0.39, 0.29) is 28.8 Å². The summed E-state index contributed by atoms with van der Waals surface area (Å²) in [4.78, 5) is 43.2. The summed E-state index contributed by atoms with van der Waals surface area (Å²) < 4.78 is 17.1. The van der Waals surface area contributed by atoms with Crippen LogP contribution in [0.5, 0.6) is 17.2 Å². The van der Waals surface area contributed by atoms with E-state index in [1.165, 1.54) is 13.0 Å². The standard InChI is InChI=1S/C32H38N4O6/c1-18(2)29(32(39)34-17-20-8-7-13-33-16-20)36-25-12-10-22-23(15-26(25)38)24(35-19(3)37)11-9-21-14-27(40-4)30(41-5)31(42-6)28(21)22/h7-8,10,12-16,18,24,29H,9,11,17H2,1-6H3,(H,34,39)(H,35,37)(H,36,38)/t24-,29+/m1/s1. The molecule has 1 aliphatic rings. The third kappa shape index (κ3) is 6.48. The minimum Gasteiger partial charge on any atom is -0.493 e. The number of hydrogen-bond acceptors (Lipinski definition) is 8. The minimum atomic E-state index is -0.672. The van der Waals surface area contributed by atoms with E-state index in [1.807, 2.05) is 38.1 Å². The van der Waals surface area contributed by atoms with Gasteiger partial charge < -0.3 is 30.2 Å². The second kappa shape index (κ2) is 13.4. The van der Waals surface area contributed by atoms with Crippen molar-refractivity contribution in [3.8, 4) is 28.4 Å². The highest BCUT2D eigenvalue weighted by molar-refractivity contribution is 5.86. The van der Waals surface area contributed by atoms with E-state index in [0.717, 1.165) is 16.7 Å². The van der Waals surface area contributed by atoms with Gasteiger partial charge in [-0.15, -0.1) is 0 Å². The Bertz CT molecular complexity index is 1510. The van der Waals surface area contributed by atoms with Crippen LogP contribution in [0.2, 0.25) is 0 Å². The fourth-order valence-electron chi connectivity index (χ4n) is 5.33. The predicted molar refractivity (Wildman–Crippen MR) is 161 cm³/mol. The lowest BCUT2D eigenvalue weighted by atomic mass is 9.95. The molecule has 1 heterocycles. The molecule has 4 rings (SSSR count). The van der Waals surface area contributed by atoms with Crippen molar-refractivity contribution in [2.24, 2.45) is 5.92 Å². The van der Waals surface area contributed by atoms with E-state index in [1.54, 1.807) is 39.8 Å². The van der Waals surface area contributed by atoms with Gasteiger partial charge in [-0.3, -0.25) is 19.4 Å². The van der Waals surface area contributed by atoms with Gasteiger partial charge >= 0.3 is 0 Å². The van der Waals surface area contributed by atoms with Crippen LogP contribution < -0.4 is 35.6 Å². The molecule has 0 saturated carbocycles. The number of benzene rings is 1. The average Bonchev–Trinajstić information content (AvgIpc) is 3.22. The Labute approximate surface area is 245 Å². The Morgan fingerprint density at radius 2 is 1.81 bits per heavy atom. The zero-order chi connectivity index (χ0) is 30.4. The molecular weight excluding hydrogens is 536 g/mol. The number of pyridine rings is 1. The summed E-state index contributed by atoms with van der Waals surface area (Å²) in [5.41, 5.74) is 3.88. The highest BCUT2D eigenvalue weighted by atomic mass is 16.5.